The second-order valence-electron chi connectivity index (χ2n) is 6.85. The predicted octanol–water partition coefficient (Wildman–Crippen LogP) is 3.28. The number of ether oxygens (including phenoxy) is 1. The molecule has 2 N–H and O–H groups in total. The molecule has 4 aromatic rings. The summed E-state index contributed by atoms with van der Waals surface area (Å²) in [7, 11) is 1.65. The third-order valence-corrected chi connectivity index (χ3v) is 5.12. The number of methoxy groups -OCH3 is 1. The van der Waals surface area contributed by atoms with Gasteiger partial charge in [-0.25, -0.2) is 4.98 Å². The Balaban J connectivity index is 1.46. The second-order valence-corrected chi connectivity index (χ2v) is 6.85. The lowest BCUT2D eigenvalue weighted by atomic mass is 10.1. The monoisotopic (exact) mass is 385 g/mol. The van der Waals surface area contributed by atoms with E-state index in [0.29, 0.717) is 19.0 Å². The second kappa shape index (κ2) is 6.94. The van der Waals surface area contributed by atoms with Crippen LogP contribution in [0.2, 0.25) is 0 Å². The minimum atomic E-state index is -0.0326. The van der Waals surface area contributed by atoms with Crippen LogP contribution < -0.4 is 15.4 Å². The van der Waals surface area contributed by atoms with Crippen LogP contribution in [-0.4, -0.2) is 27.6 Å². The summed E-state index contributed by atoms with van der Waals surface area (Å²) in [4.78, 5) is 21.1. The number of hydrogen-bond acceptors (Lipinski definition) is 5. The summed E-state index contributed by atoms with van der Waals surface area (Å²) in [5, 5.41) is 7.10. The largest absolute Gasteiger partial charge is 0.497 e. The molecule has 29 heavy (non-hydrogen) atoms. The van der Waals surface area contributed by atoms with Gasteiger partial charge in [0.2, 0.25) is 5.95 Å². The summed E-state index contributed by atoms with van der Waals surface area (Å²) in [6.45, 7) is 1.13. The molecule has 7 nitrogen and oxygen atoms in total. The molecule has 3 heterocycles. The molecule has 0 atom stereocenters. The average molecular weight is 385 g/mol. The van der Waals surface area contributed by atoms with E-state index in [2.05, 4.69) is 15.6 Å². The van der Waals surface area contributed by atoms with Crippen molar-refractivity contribution in [3.8, 4) is 11.4 Å². The van der Waals surface area contributed by atoms with E-state index in [1.807, 2.05) is 65.5 Å². The quantitative estimate of drug-likeness (QED) is 0.551. The minimum absolute atomic E-state index is 0.0326. The molecule has 2 aromatic carbocycles. The average Bonchev–Trinajstić information content (AvgIpc) is 3.36. The summed E-state index contributed by atoms with van der Waals surface area (Å²) in [5.41, 5.74) is 4.56. The molecule has 0 saturated carbocycles. The van der Waals surface area contributed by atoms with E-state index < -0.39 is 0 Å². The van der Waals surface area contributed by atoms with Gasteiger partial charge >= 0.3 is 0 Å². The van der Waals surface area contributed by atoms with Gasteiger partial charge in [-0.15, -0.1) is 0 Å². The molecular weight excluding hydrogens is 366 g/mol. The fourth-order valence-corrected chi connectivity index (χ4v) is 3.58. The number of nitrogens with zero attached hydrogens (tertiary/aromatic N) is 3. The molecular formula is C22H19N5O2. The van der Waals surface area contributed by atoms with Crippen molar-refractivity contribution < 1.29 is 9.53 Å². The number of fused-ring (bicyclic) bond motifs is 2. The van der Waals surface area contributed by atoms with Crippen LogP contribution in [0.15, 0.2) is 60.9 Å². The number of rotatable bonds is 5. The highest BCUT2D eigenvalue weighted by atomic mass is 16.5. The van der Waals surface area contributed by atoms with Crippen molar-refractivity contribution in [1.82, 2.24) is 19.9 Å². The first-order chi connectivity index (χ1) is 14.2. The SMILES string of the molecule is COc1ccc(CNc2ncc3ccn(-c4cccc5c4CNC5=O)c3n2)cc1. The zero-order valence-corrected chi connectivity index (χ0v) is 15.8. The molecule has 0 spiro atoms. The molecule has 0 aliphatic carbocycles. The number of benzene rings is 2. The van der Waals surface area contributed by atoms with Gasteiger partial charge in [-0.2, -0.15) is 4.98 Å². The molecule has 5 rings (SSSR count). The van der Waals surface area contributed by atoms with Crippen LogP contribution in [-0.2, 0) is 13.1 Å². The van der Waals surface area contributed by atoms with Gasteiger partial charge in [-0.1, -0.05) is 18.2 Å². The molecule has 0 fully saturated rings. The van der Waals surface area contributed by atoms with Gasteiger partial charge in [-0.3, -0.25) is 4.79 Å². The van der Waals surface area contributed by atoms with E-state index in [-0.39, 0.29) is 5.91 Å². The Morgan fingerprint density at radius 1 is 1.17 bits per heavy atom. The van der Waals surface area contributed by atoms with Crippen LogP contribution in [0.25, 0.3) is 16.7 Å². The molecule has 144 valence electrons. The standard InChI is InChI=1S/C22H19N5O2/c1-29-16-7-5-14(6-8-16)11-24-22-25-12-15-9-10-27(20(15)26-22)19-4-2-3-17-18(19)13-23-21(17)28/h2-10,12H,11,13H2,1H3,(H,23,28)(H,24,25,26). The Morgan fingerprint density at radius 2 is 2.03 bits per heavy atom. The Labute approximate surface area is 167 Å². The number of anilines is 1. The van der Waals surface area contributed by atoms with Gasteiger partial charge < -0.3 is 19.9 Å². The van der Waals surface area contributed by atoms with E-state index in [1.54, 1.807) is 7.11 Å². The van der Waals surface area contributed by atoms with Gasteiger partial charge in [0, 0.05) is 42.0 Å². The Morgan fingerprint density at radius 3 is 2.86 bits per heavy atom. The fourth-order valence-electron chi connectivity index (χ4n) is 3.58. The summed E-state index contributed by atoms with van der Waals surface area (Å²) in [5.74, 6) is 1.34. The number of carbonyl (C=O) groups excluding carboxylic acids is 1. The first-order valence-corrected chi connectivity index (χ1v) is 9.34. The normalized spacial score (nSPS) is 12.7. The lowest BCUT2D eigenvalue weighted by Crippen LogP contribution is -2.12. The maximum absolute atomic E-state index is 12.0. The topological polar surface area (TPSA) is 81.1 Å². The molecule has 2 aromatic heterocycles. The Hall–Kier alpha value is -3.87. The van der Waals surface area contributed by atoms with Gasteiger partial charge in [0.25, 0.3) is 5.91 Å². The van der Waals surface area contributed by atoms with Gasteiger partial charge in [0.1, 0.15) is 11.4 Å². The highest BCUT2D eigenvalue weighted by Gasteiger charge is 2.22. The van der Waals surface area contributed by atoms with Gasteiger partial charge in [-0.05, 0) is 35.9 Å². The predicted molar refractivity (Wildman–Crippen MR) is 110 cm³/mol. The zero-order valence-electron chi connectivity index (χ0n) is 15.8. The Bertz CT molecular complexity index is 1210. The number of carbonyl (C=O) groups is 1. The maximum atomic E-state index is 12.0. The van der Waals surface area contributed by atoms with E-state index in [4.69, 9.17) is 9.72 Å². The van der Waals surface area contributed by atoms with Crippen molar-refractivity contribution in [2.45, 2.75) is 13.1 Å². The molecule has 0 radical (unpaired) electrons. The van der Waals surface area contributed by atoms with Crippen LogP contribution in [0.5, 0.6) is 5.75 Å². The van der Waals surface area contributed by atoms with Crippen molar-refractivity contribution in [3.63, 3.8) is 0 Å². The Kier molecular flexibility index (Phi) is 4.13. The number of hydrogen-bond donors (Lipinski definition) is 2. The first-order valence-electron chi connectivity index (χ1n) is 9.34. The lowest BCUT2D eigenvalue weighted by molar-refractivity contribution is 0.0965. The third kappa shape index (κ3) is 3.06. The summed E-state index contributed by atoms with van der Waals surface area (Å²) in [6.07, 6.45) is 3.77. The van der Waals surface area contributed by atoms with Crippen molar-refractivity contribution >= 4 is 22.9 Å². The van der Waals surface area contributed by atoms with E-state index >= 15 is 0 Å². The smallest absolute Gasteiger partial charge is 0.251 e. The van der Waals surface area contributed by atoms with E-state index in [9.17, 15) is 4.79 Å². The number of amides is 1. The fraction of sp³-hybridized carbons (Fsp3) is 0.136. The molecule has 7 heteroatoms. The van der Waals surface area contributed by atoms with Crippen LogP contribution >= 0.6 is 0 Å². The van der Waals surface area contributed by atoms with Crippen LogP contribution in [0, 0.1) is 0 Å². The molecule has 0 saturated heterocycles. The highest BCUT2D eigenvalue weighted by molar-refractivity contribution is 5.99. The molecule has 1 amide bonds. The van der Waals surface area contributed by atoms with Crippen molar-refractivity contribution in [3.05, 3.63) is 77.6 Å². The number of aromatic nitrogens is 3. The molecule has 1 aliphatic heterocycles. The molecule has 1 aliphatic rings. The van der Waals surface area contributed by atoms with Gasteiger partial charge in [0.05, 0.1) is 12.8 Å². The lowest BCUT2D eigenvalue weighted by Gasteiger charge is -2.10. The molecule has 0 bridgehead atoms. The van der Waals surface area contributed by atoms with E-state index in [0.717, 1.165) is 39.2 Å². The van der Waals surface area contributed by atoms with Crippen molar-refractivity contribution in [1.29, 1.82) is 0 Å². The van der Waals surface area contributed by atoms with E-state index in [1.165, 1.54) is 0 Å². The zero-order chi connectivity index (χ0) is 19.8. The summed E-state index contributed by atoms with van der Waals surface area (Å²) >= 11 is 0. The number of nitrogens with one attached hydrogen (secondary N) is 2. The van der Waals surface area contributed by atoms with Crippen molar-refractivity contribution in [2.75, 3.05) is 12.4 Å². The third-order valence-electron chi connectivity index (χ3n) is 5.12. The van der Waals surface area contributed by atoms with Crippen LogP contribution in [0.1, 0.15) is 21.5 Å². The van der Waals surface area contributed by atoms with Gasteiger partial charge in [0.15, 0.2) is 0 Å². The maximum Gasteiger partial charge on any atom is 0.251 e. The first kappa shape index (κ1) is 17.2. The van der Waals surface area contributed by atoms with Crippen molar-refractivity contribution in [2.24, 2.45) is 0 Å². The summed E-state index contributed by atoms with van der Waals surface area (Å²) < 4.78 is 7.20. The van der Waals surface area contributed by atoms with Crippen LogP contribution in [0.4, 0.5) is 5.95 Å². The minimum Gasteiger partial charge on any atom is -0.497 e. The van der Waals surface area contributed by atoms with Crippen LogP contribution in [0.3, 0.4) is 0 Å². The highest BCUT2D eigenvalue weighted by Crippen LogP contribution is 2.27. The molecule has 0 unspecified atom stereocenters. The summed E-state index contributed by atoms with van der Waals surface area (Å²) in [6, 6.07) is 15.6.